The Balaban J connectivity index is 1.85. The van der Waals surface area contributed by atoms with Gasteiger partial charge in [0, 0.05) is 23.9 Å². The molecule has 0 aromatic heterocycles. The molecule has 4 heteroatoms. The van der Waals surface area contributed by atoms with E-state index in [1.165, 1.54) is 5.56 Å². The van der Waals surface area contributed by atoms with E-state index in [0.717, 1.165) is 23.6 Å². The lowest BCUT2D eigenvalue weighted by atomic mass is 10.1. The van der Waals surface area contributed by atoms with Crippen LogP contribution in [0.2, 0.25) is 0 Å². The summed E-state index contributed by atoms with van der Waals surface area (Å²) in [5.41, 5.74) is 2.32. The summed E-state index contributed by atoms with van der Waals surface area (Å²) >= 11 is 1.85. The minimum absolute atomic E-state index is 0.107. The van der Waals surface area contributed by atoms with Crippen molar-refractivity contribution in [2.45, 2.75) is 32.4 Å². The molecule has 0 aliphatic carbocycles. The van der Waals surface area contributed by atoms with E-state index in [2.05, 4.69) is 30.5 Å². The molecule has 1 amide bonds. The van der Waals surface area contributed by atoms with Crippen molar-refractivity contribution in [1.29, 1.82) is 0 Å². The number of amides is 1. The van der Waals surface area contributed by atoms with Gasteiger partial charge in [-0.1, -0.05) is 25.1 Å². The fourth-order valence-electron chi connectivity index (χ4n) is 2.14. The maximum absolute atomic E-state index is 12.1. The monoisotopic (exact) mass is 264 g/mol. The van der Waals surface area contributed by atoms with E-state index in [4.69, 9.17) is 0 Å². The molecule has 1 aromatic rings. The predicted molar refractivity (Wildman–Crippen MR) is 78.2 cm³/mol. The van der Waals surface area contributed by atoms with Crippen molar-refractivity contribution in [1.82, 2.24) is 5.32 Å². The number of benzene rings is 1. The first kappa shape index (κ1) is 13.3. The number of carbonyl (C=O) groups excluding carboxylic acids is 1. The van der Waals surface area contributed by atoms with Crippen LogP contribution in [0.15, 0.2) is 24.3 Å². The van der Waals surface area contributed by atoms with Crippen molar-refractivity contribution in [3.8, 4) is 0 Å². The fraction of sp³-hybridized carbons (Fsp3) is 0.500. The molecule has 0 fully saturated rings. The summed E-state index contributed by atoms with van der Waals surface area (Å²) in [6, 6.07) is 8.23. The van der Waals surface area contributed by atoms with Crippen molar-refractivity contribution in [2.75, 3.05) is 16.8 Å². The van der Waals surface area contributed by atoms with Crippen LogP contribution in [-0.4, -0.2) is 29.5 Å². The van der Waals surface area contributed by atoms with Crippen molar-refractivity contribution in [3.05, 3.63) is 29.8 Å². The summed E-state index contributed by atoms with van der Waals surface area (Å²) in [5, 5.41) is 6.35. The molecular weight excluding hydrogens is 244 g/mol. The van der Waals surface area contributed by atoms with Gasteiger partial charge in [-0.05, 0) is 24.3 Å². The van der Waals surface area contributed by atoms with Gasteiger partial charge in [0.15, 0.2) is 0 Å². The van der Waals surface area contributed by atoms with Gasteiger partial charge in [-0.3, -0.25) is 4.79 Å². The second-order valence-electron chi connectivity index (χ2n) is 4.63. The van der Waals surface area contributed by atoms with Crippen LogP contribution in [0.3, 0.4) is 0 Å². The third-order valence-electron chi connectivity index (χ3n) is 3.05. The predicted octanol–water partition coefficient (Wildman–Crippen LogP) is 2.28. The van der Waals surface area contributed by atoms with Crippen LogP contribution in [0.1, 0.15) is 19.4 Å². The van der Waals surface area contributed by atoms with Crippen LogP contribution in [0.5, 0.6) is 0 Å². The van der Waals surface area contributed by atoms with Crippen LogP contribution >= 0.6 is 11.8 Å². The first-order chi connectivity index (χ1) is 8.70. The Morgan fingerprint density at radius 1 is 1.56 bits per heavy atom. The van der Waals surface area contributed by atoms with E-state index < -0.39 is 0 Å². The van der Waals surface area contributed by atoms with E-state index in [0.29, 0.717) is 0 Å². The third-order valence-corrected chi connectivity index (χ3v) is 4.19. The van der Waals surface area contributed by atoms with Gasteiger partial charge in [-0.25, -0.2) is 0 Å². The molecule has 0 bridgehead atoms. The number of para-hydroxylation sites is 1. The molecule has 3 nitrogen and oxygen atoms in total. The Bertz CT molecular complexity index is 397. The SMILES string of the molecule is CCSCC(C)NC(=O)[C@@H]1Cc2ccccc2N1. The molecule has 2 rings (SSSR count). The van der Waals surface area contributed by atoms with E-state index >= 15 is 0 Å². The maximum Gasteiger partial charge on any atom is 0.243 e. The highest BCUT2D eigenvalue weighted by Gasteiger charge is 2.26. The van der Waals surface area contributed by atoms with Gasteiger partial charge < -0.3 is 10.6 Å². The van der Waals surface area contributed by atoms with Crippen LogP contribution < -0.4 is 10.6 Å². The Morgan fingerprint density at radius 3 is 3.06 bits per heavy atom. The molecule has 2 atom stereocenters. The molecule has 1 aliphatic rings. The second-order valence-corrected chi connectivity index (χ2v) is 5.95. The molecule has 1 aromatic carbocycles. The summed E-state index contributed by atoms with van der Waals surface area (Å²) in [4.78, 5) is 12.1. The van der Waals surface area contributed by atoms with E-state index in [9.17, 15) is 4.79 Å². The first-order valence-corrected chi connectivity index (χ1v) is 7.58. The Hall–Kier alpha value is -1.16. The molecule has 18 heavy (non-hydrogen) atoms. The highest BCUT2D eigenvalue weighted by Crippen LogP contribution is 2.25. The van der Waals surface area contributed by atoms with Crippen LogP contribution in [0, 0.1) is 0 Å². The number of hydrogen-bond acceptors (Lipinski definition) is 3. The average Bonchev–Trinajstić information content (AvgIpc) is 2.80. The van der Waals surface area contributed by atoms with E-state index in [1.54, 1.807) is 0 Å². The minimum Gasteiger partial charge on any atom is -0.373 e. The summed E-state index contributed by atoms with van der Waals surface area (Å²) in [5.74, 6) is 2.17. The lowest BCUT2D eigenvalue weighted by Crippen LogP contribution is -2.43. The van der Waals surface area contributed by atoms with Crippen LogP contribution in [0.4, 0.5) is 5.69 Å². The van der Waals surface area contributed by atoms with Crippen molar-refractivity contribution >= 4 is 23.4 Å². The first-order valence-electron chi connectivity index (χ1n) is 6.43. The summed E-state index contributed by atoms with van der Waals surface area (Å²) in [6.45, 7) is 4.19. The number of rotatable bonds is 5. The van der Waals surface area contributed by atoms with E-state index in [1.807, 2.05) is 30.0 Å². The lowest BCUT2D eigenvalue weighted by Gasteiger charge is -2.17. The summed E-state index contributed by atoms with van der Waals surface area (Å²) in [6.07, 6.45) is 0.787. The molecule has 2 N–H and O–H groups in total. The van der Waals surface area contributed by atoms with Crippen molar-refractivity contribution < 1.29 is 4.79 Å². The van der Waals surface area contributed by atoms with Gasteiger partial charge in [-0.15, -0.1) is 0 Å². The third kappa shape index (κ3) is 3.19. The summed E-state index contributed by atoms with van der Waals surface area (Å²) in [7, 11) is 0. The molecule has 1 aliphatic heterocycles. The number of nitrogens with one attached hydrogen (secondary N) is 2. The largest absolute Gasteiger partial charge is 0.373 e. The number of anilines is 1. The Labute approximate surface area is 113 Å². The molecular formula is C14H20N2OS. The normalized spacial score (nSPS) is 18.9. The van der Waals surface area contributed by atoms with E-state index in [-0.39, 0.29) is 18.0 Å². The standard InChI is InChI=1S/C14H20N2OS/c1-3-18-9-10(2)15-14(17)13-8-11-6-4-5-7-12(11)16-13/h4-7,10,13,16H,3,8-9H2,1-2H3,(H,15,17)/t10?,13-/m0/s1. The molecule has 1 heterocycles. The zero-order valence-electron chi connectivity index (χ0n) is 10.9. The van der Waals surface area contributed by atoms with Crippen molar-refractivity contribution in [3.63, 3.8) is 0 Å². The Kier molecular flexibility index (Phi) is 4.53. The molecule has 0 saturated heterocycles. The fourth-order valence-corrected chi connectivity index (χ4v) is 2.81. The molecule has 0 saturated carbocycles. The zero-order valence-corrected chi connectivity index (χ0v) is 11.7. The van der Waals surface area contributed by atoms with Crippen LogP contribution in [0.25, 0.3) is 0 Å². The smallest absolute Gasteiger partial charge is 0.243 e. The quantitative estimate of drug-likeness (QED) is 0.857. The minimum atomic E-state index is -0.114. The van der Waals surface area contributed by atoms with Gasteiger partial charge in [0.1, 0.15) is 6.04 Å². The summed E-state index contributed by atoms with van der Waals surface area (Å²) < 4.78 is 0. The molecule has 0 radical (unpaired) electrons. The topological polar surface area (TPSA) is 41.1 Å². The Morgan fingerprint density at radius 2 is 2.33 bits per heavy atom. The highest BCUT2D eigenvalue weighted by molar-refractivity contribution is 7.99. The van der Waals surface area contributed by atoms with Crippen LogP contribution in [-0.2, 0) is 11.2 Å². The van der Waals surface area contributed by atoms with Crippen molar-refractivity contribution in [2.24, 2.45) is 0 Å². The van der Waals surface area contributed by atoms with Gasteiger partial charge in [-0.2, -0.15) is 11.8 Å². The van der Waals surface area contributed by atoms with Gasteiger partial charge >= 0.3 is 0 Å². The number of thioether (sulfide) groups is 1. The maximum atomic E-state index is 12.1. The average molecular weight is 264 g/mol. The number of carbonyl (C=O) groups is 1. The van der Waals surface area contributed by atoms with Gasteiger partial charge in [0.05, 0.1) is 0 Å². The molecule has 0 spiro atoms. The molecule has 1 unspecified atom stereocenters. The highest BCUT2D eigenvalue weighted by atomic mass is 32.2. The lowest BCUT2D eigenvalue weighted by molar-refractivity contribution is -0.122. The molecule has 98 valence electrons. The zero-order chi connectivity index (χ0) is 13.0. The van der Waals surface area contributed by atoms with Gasteiger partial charge in [0.2, 0.25) is 5.91 Å². The second kappa shape index (κ2) is 6.14. The van der Waals surface area contributed by atoms with Gasteiger partial charge in [0.25, 0.3) is 0 Å². The number of fused-ring (bicyclic) bond motifs is 1. The number of hydrogen-bond donors (Lipinski definition) is 2.